The topological polar surface area (TPSA) is 95.6 Å². The van der Waals surface area contributed by atoms with Crippen molar-refractivity contribution in [3.63, 3.8) is 0 Å². The number of benzene rings is 1. The standard InChI is InChI=1S/C18H15ClN6OS/c19-11-5-6-15(20-8-11)25-18-22-12(10-27-18)7-17(26)21-9-16-23-13-3-1-2-4-14(13)24-16/h1-6,8,10H,7,9H2,(H,21,26)(H,23,24)(H,20,22,25). The fourth-order valence-corrected chi connectivity index (χ4v) is 3.33. The summed E-state index contributed by atoms with van der Waals surface area (Å²) in [7, 11) is 0. The number of nitrogens with zero attached hydrogens (tertiary/aromatic N) is 3. The van der Waals surface area contributed by atoms with Gasteiger partial charge in [-0.15, -0.1) is 11.3 Å². The number of aromatic nitrogens is 4. The highest BCUT2D eigenvalue weighted by Crippen LogP contribution is 2.20. The summed E-state index contributed by atoms with van der Waals surface area (Å²) in [5.41, 5.74) is 2.53. The molecule has 0 unspecified atom stereocenters. The number of nitrogens with one attached hydrogen (secondary N) is 3. The molecule has 0 radical (unpaired) electrons. The summed E-state index contributed by atoms with van der Waals surface area (Å²) < 4.78 is 0. The molecule has 4 aromatic rings. The maximum atomic E-state index is 12.2. The van der Waals surface area contributed by atoms with E-state index in [2.05, 4.69) is 30.6 Å². The summed E-state index contributed by atoms with van der Waals surface area (Å²) in [4.78, 5) is 28.4. The third-order valence-electron chi connectivity index (χ3n) is 3.75. The van der Waals surface area contributed by atoms with Gasteiger partial charge in [0.25, 0.3) is 0 Å². The molecular formula is C18H15ClN6OS. The summed E-state index contributed by atoms with van der Waals surface area (Å²) >= 11 is 7.23. The van der Waals surface area contributed by atoms with Crippen molar-refractivity contribution in [2.75, 3.05) is 5.32 Å². The summed E-state index contributed by atoms with van der Waals surface area (Å²) in [5, 5.41) is 9.03. The second-order valence-electron chi connectivity index (χ2n) is 5.78. The zero-order chi connectivity index (χ0) is 18.6. The molecule has 3 aromatic heterocycles. The number of hydrogen-bond acceptors (Lipinski definition) is 6. The Kier molecular flexibility index (Phi) is 4.99. The fourth-order valence-electron chi connectivity index (χ4n) is 2.50. The number of carbonyl (C=O) groups is 1. The van der Waals surface area contributed by atoms with Crippen LogP contribution in [0.1, 0.15) is 11.5 Å². The van der Waals surface area contributed by atoms with Gasteiger partial charge in [0.2, 0.25) is 5.91 Å². The molecule has 1 aromatic carbocycles. The zero-order valence-corrected chi connectivity index (χ0v) is 15.6. The first-order valence-electron chi connectivity index (χ1n) is 8.19. The van der Waals surface area contributed by atoms with Crippen molar-refractivity contribution in [1.29, 1.82) is 0 Å². The lowest BCUT2D eigenvalue weighted by Gasteiger charge is -2.02. The Morgan fingerprint density at radius 3 is 2.89 bits per heavy atom. The van der Waals surface area contributed by atoms with Gasteiger partial charge in [0.05, 0.1) is 34.7 Å². The van der Waals surface area contributed by atoms with E-state index in [1.54, 1.807) is 18.3 Å². The highest BCUT2D eigenvalue weighted by atomic mass is 35.5. The number of amides is 1. The van der Waals surface area contributed by atoms with Crippen LogP contribution in [0.5, 0.6) is 0 Å². The Labute approximate surface area is 163 Å². The number of H-pyrrole nitrogens is 1. The molecule has 0 spiro atoms. The van der Waals surface area contributed by atoms with Gasteiger partial charge in [-0.3, -0.25) is 4.79 Å². The third kappa shape index (κ3) is 4.42. The summed E-state index contributed by atoms with van der Waals surface area (Å²) in [5.74, 6) is 1.26. The van der Waals surface area contributed by atoms with Crippen molar-refractivity contribution >= 4 is 50.8 Å². The minimum absolute atomic E-state index is 0.114. The van der Waals surface area contributed by atoms with Crippen molar-refractivity contribution < 1.29 is 4.79 Å². The molecule has 136 valence electrons. The predicted molar refractivity (Wildman–Crippen MR) is 106 cm³/mol. The van der Waals surface area contributed by atoms with E-state index < -0.39 is 0 Å². The molecular weight excluding hydrogens is 384 g/mol. The first kappa shape index (κ1) is 17.4. The molecule has 27 heavy (non-hydrogen) atoms. The number of para-hydroxylation sites is 2. The Hall–Kier alpha value is -2.97. The number of aromatic amines is 1. The normalized spacial score (nSPS) is 10.9. The van der Waals surface area contributed by atoms with Gasteiger partial charge in [0.15, 0.2) is 5.13 Å². The smallest absolute Gasteiger partial charge is 0.226 e. The lowest BCUT2D eigenvalue weighted by Crippen LogP contribution is -2.25. The maximum Gasteiger partial charge on any atom is 0.226 e. The van der Waals surface area contributed by atoms with E-state index in [9.17, 15) is 4.79 Å². The van der Waals surface area contributed by atoms with Crippen molar-refractivity contribution in [3.8, 4) is 0 Å². The van der Waals surface area contributed by atoms with Crippen molar-refractivity contribution in [2.45, 2.75) is 13.0 Å². The van der Waals surface area contributed by atoms with Gasteiger partial charge in [-0.1, -0.05) is 23.7 Å². The van der Waals surface area contributed by atoms with Gasteiger partial charge in [0, 0.05) is 11.6 Å². The molecule has 0 aliphatic heterocycles. The van der Waals surface area contributed by atoms with Gasteiger partial charge in [0.1, 0.15) is 11.6 Å². The molecule has 9 heteroatoms. The second kappa shape index (κ2) is 7.73. The molecule has 0 aliphatic carbocycles. The number of imidazole rings is 1. The molecule has 1 amide bonds. The minimum Gasteiger partial charge on any atom is -0.349 e. The molecule has 0 saturated heterocycles. The number of hydrogen-bond donors (Lipinski definition) is 3. The maximum absolute atomic E-state index is 12.2. The monoisotopic (exact) mass is 398 g/mol. The van der Waals surface area contributed by atoms with Gasteiger partial charge >= 0.3 is 0 Å². The first-order chi connectivity index (χ1) is 13.2. The molecule has 0 atom stereocenters. The number of halogens is 1. The van der Waals surface area contributed by atoms with E-state index >= 15 is 0 Å². The average Bonchev–Trinajstić information content (AvgIpc) is 3.28. The Bertz CT molecular complexity index is 1040. The molecule has 4 rings (SSSR count). The lowest BCUT2D eigenvalue weighted by molar-refractivity contribution is -0.120. The van der Waals surface area contributed by atoms with E-state index in [4.69, 9.17) is 11.6 Å². The van der Waals surface area contributed by atoms with Crippen molar-refractivity contribution in [2.24, 2.45) is 0 Å². The Morgan fingerprint density at radius 2 is 2.07 bits per heavy atom. The van der Waals surface area contributed by atoms with Gasteiger partial charge in [-0.25, -0.2) is 15.0 Å². The van der Waals surface area contributed by atoms with E-state index in [0.29, 0.717) is 28.2 Å². The van der Waals surface area contributed by atoms with Crippen LogP contribution in [0.25, 0.3) is 11.0 Å². The van der Waals surface area contributed by atoms with Crippen molar-refractivity contribution in [3.05, 3.63) is 64.5 Å². The summed E-state index contributed by atoms with van der Waals surface area (Å²) in [6.45, 7) is 0.345. The lowest BCUT2D eigenvalue weighted by atomic mass is 10.3. The quantitative estimate of drug-likeness (QED) is 0.460. The molecule has 3 N–H and O–H groups in total. The first-order valence-corrected chi connectivity index (χ1v) is 9.45. The van der Waals surface area contributed by atoms with E-state index in [-0.39, 0.29) is 12.3 Å². The van der Waals surface area contributed by atoms with E-state index in [1.165, 1.54) is 11.3 Å². The molecule has 0 fully saturated rings. The van der Waals surface area contributed by atoms with Crippen LogP contribution in [-0.2, 0) is 17.8 Å². The molecule has 0 aliphatic rings. The predicted octanol–water partition coefficient (Wildman–Crippen LogP) is 3.67. The van der Waals surface area contributed by atoms with Crippen LogP contribution in [0.4, 0.5) is 10.9 Å². The average molecular weight is 399 g/mol. The Balaban J connectivity index is 1.31. The molecule has 0 saturated carbocycles. The summed E-state index contributed by atoms with van der Waals surface area (Å²) in [6.07, 6.45) is 1.76. The van der Waals surface area contributed by atoms with Gasteiger partial charge < -0.3 is 15.6 Å². The number of thiazole rings is 1. The number of anilines is 2. The third-order valence-corrected chi connectivity index (χ3v) is 4.78. The highest BCUT2D eigenvalue weighted by Gasteiger charge is 2.09. The zero-order valence-electron chi connectivity index (χ0n) is 14.1. The van der Waals surface area contributed by atoms with Crippen LogP contribution in [0.15, 0.2) is 48.0 Å². The number of fused-ring (bicyclic) bond motifs is 1. The van der Waals surface area contributed by atoms with Crippen LogP contribution in [-0.4, -0.2) is 25.8 Å². The number of rotatable bonds is 6. The SMILES string of the molecule is O=C(Cc1csc(Nc2ccc(Cl)cn2)n1)NCc1nc2ccccc2[nH]1. The fraction of sp³-hybridized carbons (Fsp3) is 0.111. The van der Waals surface area contributed by atoms with Crippen LogP contribution in [0.3, 0.4) is 0 Å². The minimum atomic E-state index is -0.114. The van der Waals surface area contributed by atoms with Crippen LogP contribution >= 0.6 is 22.9 Å². The van der Waals surface area contributed by atoms with Gasteiger partial charge in [-0.2, -0.15) is 0 Å². The number of carbonyl (C=O) groups excluding carboxylic acids is 1. The van der Waals surface area contributed by atoms with Crippen molar-refractivity contribution in [1.82, 2.24) is 25.3 Å². The van der Waals surface area contributed by atoms with E-state index in [0.717, 1.165) is 16.9 Å². The summed E-state index contributed by atoms with van der Waals surface area (Å²) in [6, 6.07) is 11.3. The Morgan fingerprint density at radius 1 is 1.19 bits per heavy atom. The van der Waals surface area contributed by atoms with Gasteiger partial charge in [-0.05, 0) is 24.3 Å². The molecule has 7 nitrogen and oxygen atoms in total. The second-order valence-corrected chi connectivity index (χ2v) is 7.08. The molecule has 3 heterocycles. The highest BCUT2D eigenvalue weighted by molar-refractivity contribution is 7.13. The van der Waals surface area contributed by atoms with E-state index in [1.807, 2.05) is 29.6 Å². The largest absolute Gasteiger partial charge is 0.349 e. The molecule has 0 bridgehead atoms. The number of pyridine rings is 1. The van der Waals surface area contributed by atoms with Crippen LogP contribution in [0.2, 0.25) is 5.02 Å². The van der Waals surface area contributed by atoms with Crippen LogP contribution in [0, 0.1) is 0 Å². The van der Waals surface area contributed by atoms with Crippen LogP contribution < -0.4 is 10.6 Å².